The SMILES string of the molecule is CC/C=C(\C)CCC(C)CN. The highest BCUT2D eigenvalue weighted by Crippen LogP contribution is 2.10. The predicted molar refractivity (Wildman–Crippen MR) is 51.5 cm³/mol. The van der Waals surface area contributed by atoms with Crippen LogP contribution in [0.25, 0.3) is 0 Å². The van der Waals surface area contributed by atoms with Crippen molar-refractivity contribution in [2.45, 2.75) is 40.0 Å². The third-order valence-electron chi connectivity index (χ3n) is 1.99. The van der Waals surface area contributed by atoms with E-state index in [9.17, 15) is 0 Å². The Labute approximate surface area is 70.7 Å². The maximum Gasteiger partial charge on any atom is -0.00514 e. The van der Waals surface area contributed by atoms with Crippen LogP contribution in [0.3, 0.4) is 0 Å². The number of hydrogen-bond donors (Lipinski definition) is 1. The number of nitrogens with two attached hydrogens (primary N) is 1. The summed E-state index contributed by atoms with van der Waals surface area (Å²) in [7, 11) is 0. The molecule has 1 nitrogen and oxygen atoms in total. The van der Waals surface area contributed by atoms with Crippen molar-refractivity contribution in [2.75, 3.05) is 6.54 Å². The van der Waals surface area contributed by atoms with Gasteiger partial charge in [-0.2, -0.15) is 0 Å². The Balaban J connectivity index is 3.45. The quantitative estimate of drug-likeness (QED) is 0.607. The molecule has 0 saturated carbocycles. The van der Waals surface area contributed by atoms with E-state index in [0.29, 0.717) is 5.92 Å². The van der Waals surface area contributed by atoms with Gasteiger partial charge in [-0.1, -0.05) is 25.5 Å². The largest absolute Gasteiger partial charge is 0.330 e. The zero-order valence-corrected chi connectivity index (χ0v) is 8.06. The summed E-state index contributed by atoms with van der Waals surface area (Å²) in [4.78, 5) is 0. The fourth-order valence-corrected chi connectivity index (χ4v) is 1.04. The van der Waals surface area contributed by atoms with E-state index in [0.717, 1.165) is 13.0 Å². The van der Waals surface area contributed by atoms with Crippen LogP contribution in [-0.2, 0) is 0 Å². The summed E-state index contributed by atoms with van der Waals surface area (Å²) in [5.41, 5.74) is 7.02. The minimum absolute atomic E-state index is 0.676. The van der Waals surface area contributed by atoms with Crippen LogP contribution in [0.4, 0.5) is 0 Å². The van der Waals surface area contributed by atoms with E-state index in [1.165, 1.54) is 18.4 Å². The Kier molecular flexibility index (Phi) is 6.24. The van der Waals surface area contributed by atoms with Crippen LogP contribution >= 0.6 is 0 Å². The van der Waals surface area contributed by atoms with Crippen molar-refractivity contribution in [2.24, 2.45) is 11.7 Å². The Hall–Kier alpha value is -0.300. The molecule has 0 aliphatic rings. The second-order valence-corrected chi connectivity index (χ2v) is 3.34. The van der Waals surface area contributed by atoms with Gasteiger partial charge in [0.1, 0.15) is 0 Å². The molecule has 0 rings (SSSR count). The van der Waals surface area contributed by atoms with Crippen LogP contribution in [0.15, 0.2) is 11.6 Å². The second kappa shape index (κ2) is 6.41. The summed E-state index contributed by atoms with van der Waals surface area (Å²) in [6.45, 7) is 7.40. The molecule has 11 heavy (non-hydrogen) atoms. The first-order valence-corrected chi connectivity index (χ1v) is 4.56. The van der Waals surface area contributed by atoms with E-state index in [1.807, 2.05) is 0 Å². The lowest BCUT2D eigenvalue weighted by Crippen LogP contribution is -2.10. The molecule has 0 heterocycles. The predicted octanol–water partition coefficient (Wildman–Crippen LogP) is 2.72. The summed E-state index contributed by atoms with van der Waals surface area (Å²) < 4.78 is 0. The minimum atomic E-state index is 0.676. The van der Waals surface area contributed by atoms with Crippen molar-refractivity contribution in [3.63, 3.8) is 0 Å². The summed E-state index contributed by atoms with van der Waals surface area (Å²) >= 11 is 0. The number of hydrogen-bond acceptors (Lipinski definition) is 1. The smallest absolute Gasteiger partial charge is 0.00514 e. The Morgan fingerprint density at radius 2 is 2.18 bits per heavy atom. The first-order valence-electron chi connectivity index (χ1n) is 4.56. The molecule has 0 aromatic rings. The van der Waals surface area contributed by atoms with Crippen molar-refractivity contribution >= 4 is 0 Å². The molecule has 1 atom stereocenters. The van der Waals surface area contributed by atoms with Gasteiger partial charge in [0.15, 0.2) is 0 Å². The first kappa shape index (κ1) is 10.7. The van der Waals surface area contributed by atoms with Gasteiger partial charge in [0, 0.05) is 0 Å². The average Bonchev–Trinajstić information content (AvgIpc) is 2.01. The van der Waals surface area contributed by atoms with Crippen molar-refractivity contribution in [3.05, 3.63) is 11.6 Å². The topological polar surface area (TPSA) is 26.0 Å². The highest BCUT2D eigenvalue weighted by molar-refractivity contribution is 4.97. The number of rotatable bonds is 5. The molecule has 0 aliphatic carbocycles. The van der Waals surface area contributed by atoms with Crippen molar-refractivity contribution in [3.8, 4) is 0 Å². The molecule has 66 valence electrons. The number of allylic oxidation sites excluding steroid dienone is 2. The second-order valence-electron chi connectivity index (χ2n) is 3.34. The van der Waals surface area contributed by atoms with Gasteiger partial charge in [0.25, 0.3) is 0 Å². The zero-order chi connectivity index (χ0) is 8.69. The van der Waals surface area contributed by atoms with Crippen molar-refractivity contribution in [1.29, 1.82) is 0 Å². The monoisotopic (exact) mass is 155 g/mol. The highest BCUT2D eigenvalue weighted by atomic mass is 14.5. The molecule has 0 bridgehead atoms. The fraction of sp³-hybridized carbons (Fsp3) is 0.800. The molecule has 1 heteroatoms. The molecular weight excluding hydrogens is 134 g/mol. The summed E-state index contributed by atoms with van der Waals surface area (Å²) in [6, 6.07) is 0. The average molecular weight is 155 g/mol. The van der Waals surface area contributed by atoms with E-state index < -0.39 is 0 Å². The fourth-order valence-electron chi connectivity index (χ4n) is 1.04. The van der Waals surface area contributed by atoms with Gasteiger partial charge in [0.2, 0.25) is 0 Å². The maximum absolute atomic E-state index is 5.51. The molecule has 1 unspecified atom stereocenters. The molecule has 0 aromatic heterocycles. The van der Waals surface area contributed by atoms with Crippen molar-refractivity contribution < 1.29 is 0 Å². The Morgan fingerprint density at radius 1 is 1.55 bits per heavy atom. The van der Waals surface area contributed by atoms with E-state index >= 15 is 0 Å². The van der Waals surface area contributed by atoms with Gasteiger partial charge in [-0.05, 0) is 38.6 Å². The van der Waals surface area contributed by atoms with E-state index in [1.54, 1.807) is 0 Å². The lowest BCUT2D eigenvalue weighted by molar-refractivity contribution is 0.543. The van der Waals surface area contributed by atoms with E-state index in [-0.39, 0.29) is 0 Å². The third kappa shape index (κ3) is 6.11. The van der Waals surface area contributed by atoms with Gasteiger partial charge in [-0.3, -0.25) is 0 Å². The van der Waals surface area contributed by atoms with Crippen LogP contribution in [0, 0.1) is 5.92 Å². The maximum atomic E-state index is 5.51. The summed E-state index contributed by atoms with van der Waals surface area (Å²) in [6.07, 6.45) is 5.90. The summed E-state index contributed by atoms with van der Waals surface area (Å²) in [5, 5.41) is 0. The standard InChI is InChI=1S/C10H21N/c1-4-5-9(2)6-7-10(3)8-11/h5,10H,4,6-8,11H2,1-3H3/b9-5+. The van der Waals surface area contributed by atoms with Gasteiger partial charge in [-0.15, -0.1) is 0 Å². The Morgan fingerprint density at radius 3 is 2.64 bits per heavy atom. The molecular formula is C10H21N. The Bertz CT molecular complexity index is 116. The molecule has 0 radical (unpaired) electrons. The van der Waals surface area contributed by atoms with Gasteiger partial charge < -0.3 is 5.73 Å². The van der Waals surface area contributed by atoms with Crippen LogP contribution in [0.5, 0.6) is 0 Å². The first-order chi connectivity index (χ1) is 5.20. The van der Waals surface area contributed by atoms with E-state index in [4.69, 9.17) is 5.73 Å². The summed E-state index contributed by atoms with van der Waals surface area (Å²) in [5.74, 6) is 0.676. The van der Waals surface area contributed by atoms with Crippen LogP contribution in [0.1, 0.15) is 40.0 Å². The van der Waals surface area contributed by atoms with Crippen molar-refractivity contribution in [1.82, 2.24) is 0 Å². The normalized spacial score (nSPS) is 15.1. The molecule has 0 aliphatic heterocycles. The molecule has 0 saturated heterocycles. The highest BCUT2D eigenvalue weighted by Gasteiger charge is 1.98. The zero-order valence-electron chi connectivity index (χ0n) is 8.06. The molecule has 0 spiro atoms. The van der Waals surface area contributed by atoms with Crippen LogP contribution < -0.4 is 5.73 Å². The molecule has 0 aromatic carbocycles. The van der Waals surface area contributed by atoms with Crippen LogP contribution in [-0.4, -0.2) is 6.54 Å². The molecule has 0 fully saturated rings. The van der Waals surface area contributed by atoms with Crippen LogP contribution in [0.2, 0.25) is 0 Å². The lowest BCUT2D eigenvalue weighted by atomic mass is 10.0. The lowest BCUT2D eigenvalue weighted by Gasteiger charge is -2.07. The van der Waals surface area contributed by atoms with E-state index in [2.05, 4.69) is 26.8 Å². The van der Waals surface area contributed by atoms with Gasteiger partial charge >= 0.3 is 0 Å². The molecule has 2 N–H and O–H groups in total. The molecule has 0 amide bonds. The minimum Gasteiger partial charge on any atom is -0.330 e. The third-order valence-corrected chi connectivity index (χ3v) is 1.99. The van der Waals surface area contributed by atoms with Gasteiger partial charge in [0.05, 0.1) is 0 Å². The van der Waals surface area contributed by atoms with Gasteiger partial charge in [-0.25, -0.2) is 0 Å².